The molecule has 2 heterocycles. The number of fused-ring (bicyclic) bond motifs is 4. The predicted octanol–water partition coefficient (Wildman–Crippen LogP) is 4.60. The maximum Gasteiger partial charge on any atom is 0.289 e. The number of hydrogen-bond acceptors (Lipinski definition) is 12. The van der Waals surface area contributed by atoms with Crippen molar-refractivity contribution in [1.29, 1.82) is 0 Å². The van der Waals surface area contributed by atoms with Crippen LogP contribution in [0.4, 0.5) is 11.4 Å². The number of sulfonamides is 2. The molecule has 0 N–H and O–H groups in total. The Bertz CT molecular complexity index is 2760. The highest BCUT2D eigenvalue weighted by Gasteiger charge is 2.36. The fraction of sp³-hybridized carbons (Fsp3) is 0.179. The Morgan fingerprint density at radius 3 is 1.60 bits per heavy atom. The number of ketones is 2. The zero-order chi connectivity index (χ0) is 41.4. The minimum absolute atomic E-state index is 0.00643. The summed E-state index contributed by atoms with van der Waals surface area (Å²) in [5.41, 5.74) is -0.561. The van der Waals surface area contributed by atoms with Crippen molar-refractivity contribution < 1.29 is 41.1 Å². The van der Waals surface area contributed by atoms with Crippen LogP contribution in [-0.4, -0.2) is 88.8 Å². The first-order chi connectivity index (χ1) is 27.7. The van der Waals surface area contributed by atoms with E-state index >= 15 is 0 Å². The van der Waals surface area contributed by atoms with E-state index in [4.69, 9.17) is 0 Å². The first kappa shape index (κ1) is 39.7. The number of aromatic nitrogens is 1. The molecule has 2 bridgehead atoms. The van der Waals surface area contributed by atoms with E-state index < -0.39 is 88.2 Å². The molecular formula is C39H32N6O11S2. The molecular weight excluding hydrogens is 793 g/mol. The van der Waals surface area contributed by atoms with Gasteiger partial charge in [-0.15, -0.1) is 0 Å². The van der Waals surface area contributed by atoms with Crippen LogP contribution in [0.25, 0.3) is 0 Å². The van der Waals surface area contributed by atoms with Crippen LogP contribution in [0.1, 0.15) is 60.0 Å². The van der Waals surface area contributed by atoms with E-state index in [1.165, 1.54) is 77.7 Å². The standard InChI is InChI=1S/C39H32N6O11S2/c46-37-29-11-1-2-12-30(29)38(47)32-23-26(17-18-31(32)37)39(48)41-19-8-20-42(57(53,54)35-15-5-3-13-33(35)44(49)50)24-27-9-7-10-28(40-27)25-43(22-21-41)58(55,56)36-16-6-4-14-34(36)45(51)52/h1-7,9-18,23H,8,19-22,24-25H2. The van der Waals surface area contributed by atoms with Crippen LogP contribution in [-0.2, 0) is 33.1 Å². The molecule has 1 aliphatic heterocycles. The highest BCUT2D eigenvalue weighted by molar-refractivity contribution is 7.89. The van der Waals surface area contributed by atoms with Gasteiger partial charge in [-0.1, -0.05) is 54.6 Å². The minimum Gasteiger partial charge on any atom is -0.337 e. The van der Waals surface area contributed by atoms with Gasteiger partial charge in [0, 0.05) is 66.1 Å². The van der Waals surface area contributed by atoms with Crippen LogP contribution in [0.15, 0.2) is 119 Å². The summed E-state index contributed by atoms with van der Waals surface area (Å²) in [4.78, 5) is 68.0. The summed E-state index contributed by atoms with van der Waals surface area (Å²) in [6, 6.07) is 24.5. The van der Waals surface area contributed by atoms with Crippen molar-refractivity contribution >= 4 is 48.9 Å². The molecule has 1 amide bonds. The van der Waals surface area contributed by atoms with E-state index in [0.29, 0.717) is 0 Å². The van der Waals surface area contributed by atoms with Crippen molar-refractivity contribution in [2.75, 3.05) is 26.2 Å². The van der Waals surface area contributed by atoms with Crippen LogP contribution in [0.5, 0.6) is 0 Å². The lowest BCUT2D eigenvalue weighted by Crippen LogP contribution is -2.42. The molecule has 2 aliphatic rings. The molecule has 5 aromatic rings. The first-order valence-electron chi connectivity index (χ1n) is 17.7. The molecule has 0 spiro atoms. The lowest BCUT2D eigenvalue weighted by Gasteiger charge is -2.28. The quantitative estimate of drug-likeness (QED) is 0.159. The van der Waals surface area contributed by atoms with Gasteiger partial charge in [-0.25, -0.2) is 16.8 Å². The van der Waals surface area contributed by atoms with Crippen LogP contribution in [0, 0.1) is 20.2 Å². The summed E-state index contributed by atoms with van der Waals surface area (Å²) < 4.78 is 58.8. The van der Waals surface area contributed by atoms with Crippen LogP contribution >= 0.6 is 0 Å². The van der Waals surface area contributed by atoms with Crippen LogP contribution in [0.3, 0.4) is 0 Å². The monoisotopic (exact) mass is 824 g/mol. The van der Waals surface area contributed by atoms with E-state index in [2.05, 4.69) is 4.98 Å². The van der Waals surface area contributed by atoms with Crippen molar-refractivity contribution in [3.8, 4) is 0 Å². The fourth-order valence-electron chi connectivity index (χ4n) is 6.97. The maximum absolute atomic E-state index is 14.4. The predicted molar refractivity (Wildman–Crippen MR) is 206 cm³/mol. The van der Waals surface area contributed by atoms with Gasteiger partial charge in [0.2, 0.25) is 20.0 Å². The number of carbonyl (C=O) groups excluding carboxylic acids is 3. The van der Waals surface area contributed by atoms with Gasteiger partial charge in [0.15, 0.2) is 21.4 Å². The van der Waals surface area contributed by atoms with E-state index in [9.17, 15) is 51.4 Å². The summed E-state index contributed by atoms with van der Waals surface area (Å²) in [7, 11) is -9.23. The number of benzene rings is 4. The second kappa shape index (κ2) is 15.8. The van der Waals surface area contributed by atoms with Gasteiger partial charge in [-0.2, -0.15) is 8.61 Å². The first-order valence-corrected chi connectivity index (χ1v) is 20.6. The number of rotatable bonds is 7. The molecule has 4 aromatic carbocycles. The van der Waals surface area contributed by atoms with Gasteiger partial charge in [0.05, 0.1) is 34.3 Å². The number of pyridine rings is 1. The lowest BCUT2D eigenvalue weighted by molar-refractivity contribution is -0.388. The van der Waals surface area contributed by atoms with Crippen molar-refractivity contribution in [2.45, 2.75) is 29.3 Å². The van der Waals surface area contributed by atoms with Gasteiger partial charge >= 0.3 is 0 Å². The number of nitro benzene ring substituents is 2. The molecule has 1 aromatic heterocycles. The highest BCUT2D eigenvalue weighted by Crippen LogP contribution is 2.31. The molecule has 0 atom stereocenters. The third kappa shape index (κ3) is 7.50. The third-order valence-electron chi connectivity index (χ3n) is 9.81. The van der Waals surface area contributed by atoms with Crippen LogP contribution < -0.4 is 0 Å². The Kier molecular flexibility index (Phi) is 10.8. The zero-order valence-electron chi connectivity index (χ0n) is 30.3. The van der Waals surface area contributed by atoms with Gasteiger partial charge < -0.3 is 4.90 Å². The Labute approximate surface area is 331 Å². The zero-order valence-corrected chi connectivity index (χ0v) is 32.0. The van der Waals surface area contributed by atoms with E-state index in [1.807, 2.05) is 0 Å². The SMILES string of the molecule is O=C1c2ccccc2C(=O)c2cc(C(=O)N3CCCN(S(=O)(=O)c4ccccc4[N+](=O)[O-])Cc4cccc(n4)CN(S(=O)(=O)c4ccccc4[N+](=O)[O-])CC3)ccc21. The van der Waals surface area contributed by atoms with Crippen molar-refractivity contribution in [1.82, 2.24) is 18.5 Å². The topological polar surface area (TPSA) is 228 Å². The largest absolute Gasteiger partial charge is 0.337 e. The minimum atomic E-state index is -4.66. The average molecular weight is 825 g/mol. The molecule has 1 aliphatic carbocycles. The number of hydrogen-bond donors (Lipinski definition) is 0. The van der Waals surface area contributed by atoms with Gasteiger partial charge in [-0.05, 0) is 48.9 Å². The second-order valence-electron chi connectivity index (χ2n) is 13.4. The molecule has 0 saturated heterocycles. The summed E-state index contributed by atoms with van der Waals surface area (Å²) in [5.74, 6) is -1.57. The molecule has 7 rings (SSSR count). The Morgan fingerprint density at radius 2 is 1.05 bits per heavy atom. The van der Waals surface area contributed by atoms with Crippen molar-refractivity contribution in [3.63, 3.8) is 0 Å². The molecule has 0 saturated carbocycles. The summed E-state index contributed by atoms with van der Waals surface area (Å²) in [6.45, 7) is -2.01. The Balaban J connectivity index is 1.30. The van der Waals surface area contributed by atoms with Crippen LogP contribution in [0.2, 0.25) is 0 Å². The Morgan fingerprint density at radius 1 is 0.569 bits per heavy atom. The number of para-hydroxylation sites is 2. The summed E-state index contributed by atoms with van der Waals surface area (Å²) >= 11 is 0. The molecule has 58 heavy (non-hydrogen) atoms. The third-order valence-corrected chi connectivity index (χ3v) is 13.6. The smallest absolute Gasteiger partial charge is 0.289 e. The number of nitro groups is 2. The molecule has 296 valence electrons. The van der Waals surface area contributed by atoms with Crippen molar-refractivity contribution in [3.05, 3.63) is 169 Å². The molecule has 0 unspecified atom stereocenters. The fourth-order valence-corrected chi connectivity index (χ4v) is 10.1. The summed E-state index contributed by atoms with van der Waals surface area (Å²) in [6.07, 6.45) is -0.0576. The van der Waals surface area contributed by atoms with E-state index in [-0.39, 0.29) is 65.3 Å². The van der Waals surface area contributed by atoms with Gasteiger partial charge in [-0.3, -0.25) is 39.6 Å². The second-order valence-corrected chi connectivity index (χ2v) is 17.2. The van der Waals surface area contributed by atoms with Gasteiger partial charge in [0.1, 0.15) is 0 Å². The summed E-state index contributed by atoms with van der Waals surface area (Å²) in [5, 5.41) is 23.8. The number of nitrogens with zero attached hydrogens (tertiary/aromatic N) is 6. The lowest BCUT2D eigenvalue weighted by atomic mass is 9.83. The highest BCUT2D eigenvalue weighted by atomic mass is 32.2. The molecule has 17 nitrogen and oxygen atoms in total. The molecule has 19 heteroatoms. The average Bonchev–Trinajstić information content (AvgIpc) is 3.23. The normalized spacial score (nSPS) is 15.6. The maximum atomic E-state index is 14.4. The van der Waals surface area contributed by atoms with Crippen molar-refractivity contribution in [2.24, 2.45) is 0 Å². The molecule has 0 radical (unpaired) electrons. The molecule has 0 fully saturated rings. The number of carbonyl (C=O) groups is 3. The Hall–Kier alpha value is -6.54. The van der Waals surface area contributed by atoms with Gasteiger partial charge in [0.25, 0.3) is 17.3 Å². The van der Waals surface area contributed by atoms with E-state index in [1.54, 1.807) is 12.1 Å². The number of amides is 1. The van der Waals surface area contributed by atoms with E-state index in [0.717, 1.165) is 32.9 Å².